The van der Waals surface area contributed by atoms with E-state index >= 15 is 0 Å². The number of aromatic nitrogens is 2. The van der Waals surface area contributed by atoms with Crippen LogP contribution < -0.4 is 10.9 Å². The molecule has 0 amide bonds. The van der Waals surface area contributed by atoms with Crippen LogP contribution >= 0.6 is 0 Å². The van der Waals surface area contributed by atoms with Crippen molar-refractivity contribution in [3.8, 4) is 11.4 Å². The summed E-state index contributed by atoms with van der Waals surface area (Å²) < 4.78 is 0. The van der Waals surface area contributed by atoms with Crippen molar-refractivity contribution in [2.24, 2.45) is 0 Å². The Balaban J connectivity index is 2.28. The van der Waals surface area contributed by atoms with Gasteiger partial charge in [-0.25, -0.2) is 4.98 Å². The molecule has 2 rings (SSSR count). The van der Waals surface area contributed by atoms with Gasteiger partial charge in [0, 0.05) is 17.3 Å². The lowest BCUT2D eigenvalue weighted by Crippen LogP contribution is -2.19. The molecule has 0 unspecified atom stereocenters. The number of aryl methyl sites for hydroxylation is 1. The van der Waals surface area contributed by atoms with Crippen LogP contribution in [-0.4, -0.2) is 23.6 Å². The molecule has 1 aromatic carbocycles. The number of H-pyrrole nitrogens is 1. The van der Waals surface area contributed by atoms with Crippen LogP contribution in [-0.2, 0) is 6.42 Å². The summed E-state index contributed by atoms with van der Waals surface area (Å²) in [5.41, 5.74) is 2.76. The first-order valence-electron chi connectivity index (χ1n) is 6.00. The van der Waals surface area contributed by atoms with Gasteiger partial charge in [-0.05, 0) is 26.9 Å². The first-order chi connectivity index (χ1) is 8.70. The van der Waals surface area contributed by atoms with Crippen molar-refractivity contribution in [1.29, 1.82) is 0 Å². The Morgan fingerprint density at radius 1 is 1.28 bits per heavy atom. The molecule has 1 heterocycles. The maximum atomic E-state index is 11.9. The first kappa shape index (κ1) is 12.5. The van der Waals surface area contributed by atoms with E-state index < -0.39 is 0 Å². The van der Waals surface area contributed by atoms with Crippen LogP contribution in [0.3, 0.4) is 0 Å². The van der Waals surface area contributed by atoms with Crippen LogP contribution in [0.5, 0.6) is 0 Å². The molecule has 2 aromatic rings. The Hall–Kier alpha value is -1.94. The molecule has 0 atom stereocenters. The lowest BCUT2D eigenvalue weighted by atomic mass is 10.1. The number of hydrogen-bond acceptors (Lipinski definition) is 3. The van der Waals surface area contributed by atoms with E-state index in [0.29, 0.717) is 17.8 Å². The molecule has 0 fully saturated rings. The van der Waals surface area contributed by atoms with Gasteiger partial charge < -0.3 is 10.3 Å². The third-order valence-electron chi connectivity index (χ3n) is 2.84. The molecule has 0 aliphatic carbocycles. The van der Waals surface area contributed by atoms with Crippen molar-refractivity contribution in [2.45, 2.75) is 13.3 Å². The zero-order valence-electron chi connectivity index (χ0n) is 10.7. The number of likely N-dealkylation sites (N-methyl/N-ethyl adjacent to an activating group) is 1. The summed E-state index contributed by atoms with van der Waals surface area (Å²) in [6.45, 7) is 2.80. The number of rotatable bonds is 4. The molecule has 0 bridgehead atoms. The van der Waals surface area contributed by atoms with Crippen LogP contribution in [0.1, 0.15) is 11.1 Å². The monoisotopic (exact) mass is 243 g/mol. The molecule has 0 spiro atoms. The van der Waals surface area contributed by atoms with Gasteiger partial charge in [0.1, 0.15) is 5.82 Å². The van der Waals surface area contributed by atoms with Crippen LogP contribution in [0, 0.1) is 6.92 Å². The Labute approximate surface area is 106 Å². The van der Waals surface area contributed by atoms with Gasteiger partial charge in [0.2, 0.25) is 0 Å². The smallest absolute Gasteiger partial charge is 0.254 e. The van der Waals surface area contributed by atoms with Gasteiger partial charge in [0.15, 0.2) is 0 Å². The predicted molar refractivity (Wildman–Crippen MR) is 72.7 cm³/mol. The first-order valence-corrected chi connectivity index (χ1v) is 6.00. The van der Waals surface area contributed by atoms with Crippen LogP contribution in [0.4, 0.5) is 0 Å². The van der Waals surface area contributed by atoms with E-state index in [2.05, 4.69) is 15.3 Å². The quantitative estimate of drug-likeness (QED) is 0.855. The third-order valence-corrected chi connectivity index (χ3v) is 2.84. The van der Waals surface area contributed by atoms with E-state index in [1.165, 1.54) is 5.56 Å². The van der Waals surface area contributed by atoms with E-state index in [9.17, 15) is 4.79 Å². The second-order valence-corrected chi connectivity index (χ2v) is 4.31. The van der Waals surface area contributed by atoms with Crippen molar-refractivity contribution < 1.29 is 0 Å². The maximum Gasteiger partial charge on any atom is 0.254 e. The van der Waals surface area contributed by atoms with Gasteiger partial charge in [-0.3, -0.25) is 4.79 Å². The van der Waals surface area contributed by atoms with E-state index in [4.69, 9.17) is 0 Å². The number of nitrogens with one attached hydrogen (secondary N) is 2. The lowest BCUT2D eigenvalue weighted by Gasteiger charge is -2.03. The van der Waals surface area contributed by atoms with Crippen LogP contribution in [0.15, 0.2) is 35.3 Å². The predicted octanol–water partition coefficient (Wildman–Crippen LogP) is 1.51. The molecule has 0 radical (unpaired) electrons. The Morgan fingerprint density at radius 2 is 2.00 bits per heavy atom. The molecule has 4 heteroatoms. The second kappa shape index (κ2) is 5.60. The van der Waals surface area contributed by atoms with Crippen molar-refractivity contribution in [2.75, 3.05) is 13.6 Å². The topological polar surface area (TPSA) is 57.8 Å². The van der Waals surface area contributed by atoms with Gasteiger partial charge in [-0.15, -0.1) is 0 Å². The van der Waals surface area contributed by atoms with Gasteiger partial charge in [-0.1, -0.05) is 29.8 Å². The summed E-state index contributed by atoms with van der Waals surface area (Å²) in [5.74, 6) is 0.619. The highest BCUT2D eigenvalue weighted by Gasteiger charge is 2.04. The van der Waals surface area contributed by atoms with E-state index in [0.717, 1.165) is 12.1 Å². The standard InChI is InChI=1S/C14H17N3O/c1-10-3-5-11(6-4-10)13-16-9-12(7-8-15-2)14(18)17-13/h3-6,9,15H,7-8H2,1-2H3,(H,16,17,18). The van der Waals surface area contributed by atoms with Crippen molar-refractivity contribution >= 4 is 0 Å². The van der Waals surface area contributed by atoms with Crippen molar-refractivity contribution in [1.82, 2.24) is 15.3 Å². The minimum atomic E-state index is -0.0594. The van der Waals surface area contributed by atoms with Gasteiger partial charge >= 0.3 is 0 Å². The fourth-order valence-corrected chi connectivity index (χ4v) is 1.72. The van der Waals surface area contributed by atoms with E-state index in [1.54, 1.807) is 6.20 Å². The number of benzene rings is 1. The molecule has 18 heavy (non-hydrogen) atoms. The zero-order chi connectivity index (χ0) is 13.0. The highest BCUT2D eigenvalue weighted by molar-refractivity contribution is 5.54. The fraction of sp³-hybridized carbons (Fsp3) is 0.286. The lowest BCUT2D eigenvalue weighted by molar-refractivity contribution is 0.781. The van der Waals surface area contributed by atoms with Crippen molar-refractivity contribution in [3.63, 3.8) is 0 Å². The molecular weight excluding hydrogens is 226 g/mol. The summed E-state index contributed by atoms with van der Waals surface area (Å²) in [7, 11) is 1.86. The molecule has 2 N–H and O–H groups in total. The SMILES string of the molecule is CNCCc1cnc(-c2ccc(C)cc2)[nH]c1=O. The average molecular weight is 243 g/mol. The third kappa shape index (κ3) is 2.84. The molecule has 1 aromatic heterocycles. The molecule has 4 nitrogen and oxygen atoms in total. The largest absolute Gasteiger partial charge is 0.319 e. The fourth-order valence-electron chi connectivity index (χ4n) is 1.72. The molecule has 94 valence electrons. The normalized spacial score (nSPS) is 10.6. The van der Waals surface area contributed by atoms with Gasteiger partial charge in [0.05, 0.1) is 0 Å². The van der Waals surface area contributed by atoms with Gasteiger partial charge in [0.25, 0.3) is 5.56 Å². The Morgan fingerprint density at radius 3 is 2.61 bits per heavy atom. The van der Waals surface area contributed by atoms with E-state index in [-0.39, 0.29) is 5.56 Å². The Bertz CT molecular complexity index is 572. The summed E-state index contributed by atoms with van der Waals surface area (Å²) in [6.07, 6.45) is 2.35. The minimum Gasteiger partial charge on any atom is -0.319 e. The average Bonchev–Trinajstić information content (AvgIpc) is 2.38. The number of aromatic amines is 1. The molecule has 0 saturated carbocycles. The summed E-state index contributed by atoms with van der Waals surface area (Å²) in [5, 5.41) is 3.02. The molecule has 0 saturated heterocycles. The van der Waals surface area contributed by atoms with Crippen molar-refractivity contribution in [3.05, 3.63) is 51.9 Å². The number of nitrogens with zero attached hydrogens (tertiary/aromatic N) is 1. The highest BCUT2D eigenvalue weighted by atomic mass is 16.1. The zero-order valence-corrected chi connectivity index (χ0v) is 10.7. The maximum absolute atomic E-state index is 11.9. The van der Waals surface area contributed by atoms with Crippen LogP contribution in [0.2, 0.25) is 0 Å². The number of hydrogen-bond donors (Lipinski definition) is 2. The van der Waals surface area contributed by atoms with E-state index in [1.807, 2.05) is 38.2 Å². The minimum absolute atomic E-state index is 0.0594. The molecular formula is C14H17N3O. The molecule has 0 aliphatic heterocycles. The summed E-state index contributed by atoms with van der Waals surface area (Å²) in [4.78, 5) is 19.0. The van der Waals surface area contributed by atoms with Crippen LogP contribution in [0.25, 0.3) is 11.4 Å². The highest BCUT2D eigenvalue weighted by Crippen LogP contribution is 2.13. The summed E-state index contributed by atoms with van der Waals surface area (Å²) >= 11 is 0. The molecule has 0 aliphatic rings. The summed E-state index contributed by atoms with van der Waals surface area (Å²) in [6, 6.07) is 7.93. The second-order valence-electron chi connectivity index (χ2n) is 4.31. The Kier molecular flexibility index (Phi) is 3.89. The van der Waals surface area contributed by atoms with Gasteiger partial charge in [-0.2, -0.15) is 0 Å².